The molecule has 7 heteroatoms. The van der Waals surface area contributed by atoms with Crippen LogP contribution in [0.4, 0.5) is 5.69 Å². The summed E-state index contributed by atoms with van der Waals surface area (Å²) in [6.07, 6.45) is 0. The number of aromatic amines is 1. The number of amides is 1. The lowest BCUT2D eigenvalue weighted by Gasteiger charge is -2.09. The van der Waals surface area contributed by atoms with E-state index in [-0.39, 0.29) is 5.91 Å². The fraction of sp³-hybridized carbons (Fsp3) is 0.0588. The molecule has 0 radical (unpaired) electrons. The first-order chi connectivity index (χ1) is 11.6. The zero-order chi connectivity index (χ0) is 17.1. The minimum atomic E-state index is -0.351. The second kappa shape index (κ2) is 6.95. The summed E-state index contributed by atoms with van der Waals surface area (Å²) >= 11 is 11.9. The Labute approximate surface area is 148 Å². The molecule has 0 bridgehead atoms. The van der Waals surface area contributed by atoms with Crippen molar-refractivity contribution in [3.8, 4) is 17.0 Å². The number of aromatic nitrogens is 2. The molecule has 0 aliphatic heterocycles. The fourth-order valence-corrected chi connectivity index (χ4v) is 2.56. The average Bonchev–Trinajstić information content (AvgIpc) is 3.05. The van der Waals surface area contributed by atoms with Crippen LogP contribution in [0.1, 0.15) is 10.5 Å². The molecule has 0 aliphatic carbocycles. The van der Waals surface area contributed by atoms with Gasteiger partial charge < -0.3 is 10.1 Å². The molecule has 2 aromatic carbocycles. The van der Waals surface area contributed by atoms with Gasteiger partial charge in [-0.2, -0.15) is 5.10 Å². The van der Waals surface area contributed by atoms with Crippen LogP contribution in [-0.2, 0) is 0 Å². The van der Waals surface area contributed by atoms with Crippen molar-refractivity contribution in [3.63, 3.8) is 0 Å². The highest BCUT2D eigenvalue weighted by atomic mass is 35.5. The number of ether oxygens (including phenoxy) is 1. The first-order valence-electron chi connectivity index (χ1n) is 7.03. The van der Waals surface area contributed by atoms with Crippen molar-refractivity contribution in [2.24, 2.45) is 0 Å². The molecule has 0 spiro atoms. The van der Waals surface area contributed by atoms with Crippen LogP contribution in [0.2, 0.25) is 10.0 Å². The van der Waals surface area contributed by atoms with E-state index in [1.807, 2.05) is 12.1 Å². The second-order valence-electron chi connectivity index (χ2n) is 4.98. The number of carbonyl (C=O) groups is 1. The smallest absolute Gasteiger partial charge is 0.273 e. The van der Waals surface area contributed by atoms with Crippen molar-refractivity contribution in [2.75, 3.05) is 12.4 Å². The topological polar surface area (TPSA) is 67.0 Å². The number of halogens is 2. The van der Waals surface area contributed by atoms with Crippen LogP contribution in [0.3, 0.4) is 0 Å². The van der Waals surface area contributed by atoms with E-state index in [9.17, 15) is 4.79 Å². The molecule has 2 N–H and O–H groups in total. The maximum Gasteiger partial charge on any atom is 0.273 e. The van der Waals surface area contributed by atoms with Gasteiger partial charge in [0.2, 0.25) is 0 Å². The van der Waals surface area contributed by atoms with Crippen LogP contribution in [0, 0.1) is 0 Å². The molecular weight excluding hydrogens is 349 g/mol. The van der Waals surface area contributed by atoms with Gasteiger partial charge in [-0.25, -0.2) is 0 Å². The van der Waals surface area contributed by atoms with E-state index >= 15 is 0 Å². The largest absolute Gasteiger partial charge is 0.495 e. The van der Waals surface area contributed by atoms with Gasteiger partial charge in [-0.05, 0) is 36.4 Å². The number of hydrogen-bond acceptors (Lipinski definition) is 3. The second-order valence-corrected chi connectivity index (χ2v) is 5.85. The first kappa shape index (κ1) is 16.4. The Morgan fingerprint density at radius 3 is 2.67 bits per heavy atom. The zero-order valence-corrected chi connectivity index (χ0v) is 14.2. The quantitative estimate of drug-likeness (QED) is 0.710. The molecule has 0 aliphatic rings. The average molecular weight is 362 g/mol. The van der Waals surface area contributed by atoms with Gasteiger partial charge in [-0.15, -0.1) is 0 Å². The summed E-state index contributed by atoms with van der Waals surface area (Å²) in [6.45, 7) is 0. The van der Waals surface area contributed by atoms with E-state index in [1.54, 1.807) is 36.4 Å². The molecular formula is C17H13Cl2N3O2. The summed E-state index contributed by atoms with van der Waals surface area (Å²) in [7, 11) is 1.52. The molecule has 3 rings (SSSR count). The fourth-order valence-electron chi connectivity index (χ4n) is 2.20. The number of rotatable bonds is 4. The van der Waals surface area contributed by atoms with Crippen molar-refractivity contribution < 1.29 is 9.53 Å². The Morgan fingerprint density at radius 1 is 1.12 bits per heavy atom. The minimum Gasteiger partial charge on any atom is -0.495 e. The lowest BCUT2D eigenvalue weighted by atomic mass is 10.1. The van der Waals surface area contributed by atoms with Gasteiger partial charge in [0.1, 0.15) is 11.4 Å². The normalized spacial score (nSPS) is 10.5. The molecule has 0 atom stereocenters. The van der Waals surface area contributed by atoms with Gasteiger partial charge in [-0.1, -0.05) is 35.3 Å². The number of carbonyl (C=O) groups excluding carboxylic acids is 1. The standard InChI is InChI=1S/C17H13Cl2N3O2/c1-24-16-6-5-12(19)8-14(16)20-17(23)15-9-13(21-22-15)10-3-2-4-11(18)7-10/h2-9H,1H3,(H,20,23)(H,21,22). The van der Waals surface area contributed by atoms with Crippen LogP contribution in [-0.4, -0.2) is 23.2 Å². The van der Waals surface area contributed by atoms with E-state index in [2.05, 4.69) is 15.5 Å². The number of methoxy groups -OCH3 is 1. The summed E-state index contributed by atoms with van der Waals surface area (Å²) in [5.41, 5.74) is 2.24. The van der Waals surface area contributed by atoms with Gasteiger partial charge in [-0.3, -0.25) is 9.89 Å². The molecule has 0 saturated carbocycles. The Morgan fingerprint density at radius 2 is 1.92 bits per heavy atom. The van der Waals surface area contributed by atoms with E-state index < -0.39 is 0 Å². The molecule has 0 fully saturated rings. The molecule has 3 aromatic rings. The van der Waals surface area contributed by atoms with Crippen LogP contribution >= 0.6 is 23.2 Å². The monoisotopic (exact) mass is 361 g/mol. The van der Waals surface area contributed by atoms with Gasteiger partial charge >= 0.3 is 0 Å². The van der Waals surface area contributed by atoms with E-state index in [1.165, 1.54) is 7.11 Å². The summed E-state index contributed by atoms with van der Waals surface area (Å²) in [5.74, 6) is 0.165. The van der Waals surface area contributed by atoms with Crippen LogP contribution in [0.25, 0.3) is 11.3 Å². The first-order valence-corrected chi connectivity index (χ1v) is 7.78. The van der Waals surface area contributed by atoms with E-state index in [0.717, 1.165) is 5.56 Å². The molecule has 24 heavy (non-hydrogen) atoms. The maximum atomic E-state index is 12.4. The SMILES string of the molecule is COc1ccc(Cl)cc1NC(=O)c1cc(-c2cccc(Cl)c2)n[nH]1. The Kier molecular flexibility index (Phi) is 4.74. The lowest BCUT2D eigenvalue weighted by molar-refractivity contribution is 0.102. The Hall–Kier alpha value is -2.50. The number of H-pyrrole nitrogens is 1. The molecule has 1 aromatic heterocycles. The Bertz CT molecular complexity index is 893. The number of hydrogen-bond donors (Lipinski definition) is 2. The van der Waals surface area contributed by atoms with Crippen molar-refractivity contribution in [3.05, 3.63) is 64.3 Å². The molecule has 0 saturated heterocycles. The van der Waals surface area contributed by atoms with Gasteiger partial charge in [0, 0.05) is 15.6 Å². The van der Waals surface area contributed by atoms with Crippen LogP contribution < -0.4 is 10.1 Å². The minimum absolute atomic E-state index is 0.312. The predicted octanol–water partition coefficient (Wildman–Crippen LogP) is 4.64. The summed E-state index contributed by atoms with van der Waals surface area (Å²) in [4.78, 5) is 12.4. The summed E-state index contributed by atoms with van der Waals surface area (Å²) in [6, 6.07) is 13.9. The number of nitrogens with one attached hydrogen (secondary N) is 2. The highest BCUT2D eigenvalue weighted by Crippen LogP contribution is 2.28. The van der Waals surface area contributed by atoms with Gasteiger partial charge in [0.15, 0.2) is 0 Å². The lowest BCUT2D eigenvalue weighted by Crippen LogP contribution is -2.13. The van der Waals surface area contributed by atoms with Crippen molar-refractivity contribution in [1.29, 1.82) is 0 Å². The predicted molar refractivity (Wildman–Crippen MR) is 95.0 cm³/mol. The molecule has 5 nitrogen and oxygen atoms in total. The van der Waals surface area contributed by atoms with Gasteiger partial charge in [0.05, 0.1) is 18.5 Å². The van der Waals surface area contributed by atoms with Crippen LogP contribution in [0.5, 0.6) is 5.75 Å². The molecule has 122 valence electrons. The van der Waals surface area contributed by atoms with Crippen molar-refractivity contribution in [2.45, 2.75) is 0 Å². The van der Waals surface area contributed by atoms with Crippen LogP contribution in [0.15, 0.2) is 48.5 Å². The molecule has 1 amide bonds. The highest BCUT2D eigenvalue weighted by molar-refractivity contribution is 6.31. The third-order valence-corrected chi connectivity index (χ3v) is 3.82. The highest BCUT2D eigenvalue weighted by Gasteiger charge is 2.14. The summed E-state index contributed by atoms with van der Waals surface area (Å²) in [5, 5.41) is 10.7. The third kappa shape index (κ3) is 3.53. The Balaban J connectivity index is 1.83. The van der Waals surface area contributed by atoms with Gasteiger partial charge in [0.25, 0.3) is 5.91 Å². The maximum absolute atomic E-state index is 12.4. The number of anilines is 1. The van der Waals surface area contributed by atoms with Crippen molar-refractivity contribution >= 4 is 34.8 Å². The molecule has 1 heterocycles. The third-order valence-electron chi connectivity index (χ3n) is 3.35. The number of benzene rings is 2. The summed E-state index contributed by atoms with van der Waals surface area (Å²) < 4.78 is 5.21. The van der Waals surface area contributed by atoms with E-state index in [0.29, 0.717) is 32.9 Å². The molecule has 0 unspecified atom stereocenters. The number of nitrogens with zero attached hydrogens (tertiary/aromatic N) is 1. The van der Waals surface area contributed by atoms with E-state index in [4.69, 9.17) is 27.9 Å². The zero-order valence-electron chi connectivity index (χ0n) is 12.6. The van der Waals surface area contributed by atoms with Crippen molar-refractivity contribution in [1.82, 2.24) is 10.2 Å².